The Morgan fingerprint density at radius 2 is 2.33 bits per heavy atom. The van der Waals surface area contributed by atoms with E-state index in [0.29, 0.717) is 17.5 Å². The van der Waals surface area contributed by atoms with Crippen molar-refractivity contribution in [3.63, 3.8) is 0 Å². The molecule has 4 heteroatoms. The number of hydrogen-bond donors (Lipinski definition) is 1. The van der Waals surface area contributed by atoms with E-state index < -0.39 is 0 Å². The Balaban J connectivity index is 2.57. The van der Waals surface area contributed by atoms with Crippen LogP contribution in [0, 0.1) is 0 Å². The normalized spacial score (nSPS) is 17.6. The lowest BCUT2D eigenvalue weighted by molar-refractivity contribution is 0.311. The first kappa shape index (κ1) is 7.43. The average Bonchev–Trinajstić information content (AvgIpc) is 2.46. The number of halogens is 1. The molecule has 1 aliphatic heterocycles. The molecule has 0 fully saturated rings. The van der Waals surface area contributed by atoms with E-state index in [2.05, 4.69) is 5.10 Å². The zero-order valence-electron chi connectivity index (χ0n) is 6.25. The number of fused-ring (bicyclic) bond motifs is 1. The molecular formula is C8H7ClN2O. The molecule has 12 heavy (non-hydrogen) atoms. The van der Waals surface area contributed by atoms with Gasteiger partial charge in [0.2, 0.25) is 5.90 Å². The smallest absolute Gasteiger partial charge is 0.238 e. The molecule has 0 aromatic heterocycles. The standard InChI is InChI=1S/C8H7ClN2O/c9-6-2-1-5-4-12-8(11-10)7(5)3-6/h1-3H,4,10H2. The highest BCUT2D eigenvalue weighted by Crippen LogP contribution is 2.23. The number of ether oxygens (including phenoxy) is 1. The zero-order chi connectivity index (χ0) is 8.55. The molecule has 2 N–H and O–H groups in total. The third kappa shape index (κ3) is 1.02. The molecule has 0 radical (unpaired) electrons. The summed E-state index contributed by atoms with van der Waals surface area (Å²) >= 11 is 5.79. The predicted molar refractivity (Wildman–Crippen MR) is 47.0 cm³/mol. The van der Waals surface area contributed by atoms with Crippen LogP contribution in [0.25, 0.3) is 0 Å². The molecule has 0 saturated carbocycles. The fourth-order valence-corrected chi connectivity index (χ4v) is 1.38. The predicted octanol–water partition coefficient (Wildman–Crippen LogP) is 1.49. The van der Waals surface area contributed by atoms with Gasteiger partial charge >= 0.3 is 0 Å². The number of nitrogens with zero attached hydrogens (tertiary/aromatic N) is 1. The lowest BCUT2D eigenvalue weighted by atomic mass is 10.1. The molecule has 0 saturated heterocycles. The second kappa shape index (κ2) is 2.68. The van der Waals surface area contributed by atoms with E-state index in [0.717, 1.165) is 11.1 Å². The van der Waals surface area contributed by atoms with E-state index in [-0.39, 0.29) is 0 Å². The summed E-state index contributed by atoms with van der Waals surface area (Å²) in [7, 11) is 0. The Morgan fingerprint density at radius 3 is 3.08 bits per heavy atom. The van der Waals surface area contributed by atoms with Gasteiger partial charge in [-0.2, -0.15) is 0 Å². The summed E-state index contributed by atoms with van der Waals surface area (Å²) in [6, 6.07) is 5.54. The maximum atomic E-state index is 5.79. The van der Waals surface area contributed by atoms with Crippen LogP contribution >= 0.6 is 11.6 Å². The van der Waals surface area contributed by atoms with Crippen LogP contribution in [0.4, 0.5) is 0 Å². The quantitative estimate of drug-likeness (QED) is 0.488. The van der Waals surface area contributed by atoms with Gasteiger partial charge in [0.1, 0.15) is 6.61 Å². The summed E-state index contributed by atoms with van der Waals surface area (Å²) in [5, 5.41) is 4.17. The van der Waals surface area contributed by atoms with Gasteiger partial charge in [0, 0.05) is 16.1 Å². The van der Waals surface area contributed by atoms with Crippen molar-refractivity contribution in [2.24, 2.45) is 10.9 Å². The molecule has 1 aromatic rings. The van der Waals surface area contributed by atoms with Crippen LogP contribution in [0.2, 0.25) is 5.02 Å². The van der Waals surface area contributed by atoms with Crippen molar-refractivity contribution in [2.75, 3.05) is 0 Å². The highest BCUT2D eigenvalue weighted by atomic mass is 35.5. The Labute approximate surface area is 74.8 Å². The van der Waals surface area contributed by atoms with Crippen molar-refractivity contribution in [3.05, 3.63) is 34.3 Å². The maximum Gasteiger partial charge on any atom is 0.238 e. The minimum absolute atomic E-state index is 0.465. The molecule has 0 spiro atoms. The molecule has 0 aliphatic carbocycles. The van der Waals surface area contributed by atoms with Gasteiger partial charge < -0.3 is 10.6 Å². The van der Waals surface area contributed by atoms with Crippen molar-refractivity contribution < 1.29 is 4.74 Å². The molecular weight excluding hydrogens is 176 g/mol. The number of rotatable bonds is 0. The van der Waals surface area contributed by atoms with Gasteiger partial charge in [0.25, 0.3) is 0 Å². The molecule has 0 atom stereocenters. The summed E-state index contributed by atoms with van der Waals surface area (Å²) in [6.07, 6.45) is 0. The van der Waals surface area contributed by atoms with Crippen molar-refractivity contribution in [3.8, 4) is 0 Å². The fraction of sp³-hybridized carbons (Fsp3) is 0.125. The third-order valence-corrected chi connectivity index (χ3v) is 2.02. The summed E-state index contributed by atoms with van der Waals surface area (Å²) in [6.45, 7) is 0.530. The summed E-state index contributed by atoms with van der Waals surface area (Å²) in [5.74, 6) is 5.58. The van der Waals surface area contributed by atoms with Crippen molar-refractivity contribution in [1.82, 2.24) is 0 Å². The van der Waals surface area contributed by atoms with Crippen molar-refractivity contribution in [2.45, 2.75) is 6.61 Å². The van der Waals surface area contributed by atoms with Crippen LogP contribution in [0.15, 0.2) is 23.3 Å². The minimum Gasteiger partial charge on any atom is -0.471 e. The topological polar surface area (TPSA) is 47.6 Å². The van der Waals surface area contributed by atoms with Gasteiger partial charge in [-0.25, -0.2) is 0 Å². The van der Waals surface area contributed by atoms with Gasteiger partial charge in [-0.3, -0.25) is 0 Å². The van der Waals surface area contributed by atoms with Gasteiger partial charge in [0.05, 0.1) is 0 Å². The second-order valence-electron chi connectivity index (χ2n) is 2.52. The highest BCUT2D eigenvalue weighted by Gasteiger charge is 2.18. The summed E-state index contributed by atoms with van der Waals surface area (Å²) in [4.78, 5) is 0. The van der Waals surface area contributed by atoms with Gasteiger partial charge in [-0.1, -0.05) is 17.7 Å². The Hall–Kier alpha value is -1.22. The number of hydrogen-bond acceptors (Lipinski definition) is 3. The Morgan fingerprint density at radius 1 is 1.50 bits per heavy atom. The van der Waals surface area contributed by atoms with Crippen LogP contribution in [0.1, 0.15) is 11.1 Å². The van der Waals surface area contributed by atoms with Crippen molar-refractivity contribution >= 4 is 17.5 Å². The SMILES string of the molecule is NN=C1OCc2ccc(Cl)cc21. The molecule has 1 aromatic carbocycles. The van der Waals surface area contributed by atoms with Crippen molar-refractivity contribution in [1.29, 1.82) is 0 Å². The van der Waals surface area contributed by atoms with Crippen LogP contribution in [0.3, 0.4) is 0 Å². The lowest BCUT2D eigenvalue weighted by Gasteiger charge is -1.95. The van der Waals surface area contributed by atoms with E-state index in [1.165, 1.54) is 0 Å². The molecule has 3 nitrogen and oxygen atoms in total. The molecule has 0 unspecified atom stereocenters. The molecule has 0 bridgehead atoms. The van der Waals surface area contributed by atoms with Crippen LogP contribution < -0.4 is 5.84 Å². The highest BCUT2D eigenvalue weighted by molar-refractivity contribution is 6.31. The van der Waals surface area contributed by atoms with Crippen LogP contribution in [-0.4, -0.2) is 5.90 Å². The van der Waals surface area contributed by atoms with E-state index in [4.69, 9.17) is 22.2 Å². The maximum absolute atomic E-state index is 5.79. The molecule has 2 rings (SSSR count). The Kier molecular flexibility index (Phi) is 1.66. The zero-order valence-corrected chi connectivity index (χ0v) is 7.01. The first-order chi connectivity index (χ1) is 5.81. The lowest BCUT2D eigenvalue weighted by Crippen LogP contribution is -2.00. The monoisotopic (exact) mass is 182 g/mol. The first-order valence-corrected chi connectivity index (χ1v) is 3.88. The first-order valence-electron chi connectivity index (χ1n) is 3.51. The van der Waals surface area contributed by atoms with E-state index in [9.17, 15) is 0 Å². The number of benzene rings is 1. The molecule has 0 amide bonds. The number of nitrogens with two attached hydrogens (primary N) is 1. The molecule has 62 valence electrons. The fourth-order valence-electron chi connectivity index (χ4n) is 1.20. The van der Waals surface area contributed by atoms with Gasteiger partial charge in [0.15, 0.2) is 0 Å². The summed E-state index contributed by atoms with van der Waals surface area (Å²) in [5.41, 5.74) is 1.97. The van der Waals surface area contributed by atoms with E-state index >= 15 is 0 Å². The largest absolute Gasteiger partial charge is 0.471 e. The van der Waals surface area contributed by atoms with Crippen LogP contribution in [-0.2, 0) is 11.3 Å². The van der Waals surface area contributed by atoms with Crippen LogP contribution in [0.5, 0.6) is 0 Å². The van der Waals surface area contributed by atoms with E-state index in [1.807, 2.05) is 12.1 Å². The minimum atomic E-state index is 0.465. The third-order valence-electron chi connectivity index (χ3n) is 1.78. The Bertz CT molecular complexity index is 349. The van der Waals surface area contributed by atoms with Gasteiger partial charge in [-0.15, -0.1) is 5.10 Å². The average molecular weight is 183 g/mol. The number of hydrazone groups is 1. The molecule has 1 aliphatic rings. The second-order valence-corrected chi connectivity index (χ2v) is 2.96. The van der Waals surface area contributed by atoms with Gasteiger partial charge in [-0.05, 0) is 12.1 Å². The molecule has 1 heterocycles. The summed E-state index contributed by atoms with van der Waals surface area (Å²) < 4.78 is 5.19. The van der Waals surface area contributed by atoms with E-state index in [1.54, 1.807) is 6.07 Å².